The van der Waals surface area contributed by atoms with Crippen LogP contribution >= 0.6 is 22.9 Å². The molecule has 182 valence electrons. The predicted molar refractivity (Wildman–Crippen MR) is 143 cm³/mol. The maximum absolute atomic E-state index is 13.0. The lowest BCUT2D eigenvalue weighted by atomic mass is 9.85. The number of aromatic nitrogens is 1. The number of nitrogens with one attached hydrogen (secondary N) is 2. The average Bonchev–Trinajstić information content (AvgIpc) is 3.24. The molecule has 0 aliphatic heterocycles. The first-order valence-electron chi connectivity index (χ1n) is 11.1. The van der Waals surface area contributed by atoms with Gasteiger partial charge in [0.15, 0.2) is 5.13 Å². The Morgan fingerprint density at radius 3 is 2.58 bits per heavy atom. The first kappa shape index (κ1) is 25.2. The molecule has 9 heteroatoms. The predicted octanol–water partition coefficient (Wildman–Crippen LogP) is 7.06. The zero-order valence-electron chi connectivity index (χ0n) is 20.1. The van der Waals surface area contributed by atoms with Crippen molar-refractivity contribution in [1.29, 1.82) is 5.26 Å². The van der Waals surface area contributed by atoms with Crippen molar-refractivity contribution in [1.82, 2.24) is 4.98 Å². The number of carbonyl (C=O) groups is 2. The minimum absolute atomic E-state index is 0.177. The van der Waals surface area contributed by atoms with E-state index in [-0.39, 0.29) is 22.4 Å². The minimum atomic E-state index is -0.832. The van der Waals surface area contributed by atoms with Crippen LogP contribution in [-0.2, 0) is 10.2 Å². The minimum Gasteiger partial charge on any atom is -0.457 e. The molecule has 0 bridgehead atoms. The fraction of sp³-hybridized carbons (Fsp3) is 0.185. The third kappa shape index (κ3) is 5.18. The SMILES string of the molecule is CC(=O)Nc1nc2ccc(Oc3cccc(NC(=O)c4cccc(C(C)(C)C#N)c4Cl)c3)c(C)c2s1. The summed E-state index contributed by atoms with van der Waals surface area (Å²) in [5.41, 5.74) is 2.23. The highest BCUT2D eigenvalue weighted by Crippen LogP contribution is 2.36. The van der Waals surface area contributed by atoms with Crippen LogP contribution in [0.4, 0.5) is 10.8 Å². The van der Waals surface area contributed by atoms with Crippen molar-refractivity contribution in [2.24, 2.45) is 0 Å². The quantitative estimate of drug-likeness (QED) is 0.284. The van der Waals surface area contributed by atoms with Gasteiger partial charge in [0.2, 0.25) is 5.91 Å². The molecule has 2 amide bonds. The lowest BCUT2D eigenvalue weighted by Crippen LogP contribution is -2.18. The number of halogens is 1. The molecule has 1 heterocycles. The van der Waals surface area contributed by atoms with E-state index in [0.717, 1.165) is 15.8 Å². The van der Waals surface area contributed by atoms with Crippen molar-refractivity contribution in [3.05, 3.63) is 76.3 Å². The molecule has 4 aromatic rings. The van der Waals surface area contributed by atoms with Crippen LogP contribution in [0, 0.1) is 18.3 Å². The van der Waals surface area contributed by atoms with Gasteiger partial charge in [-0.3, -0.25) is 9.59 Å². The number of nitriles is 1. The molecule has 0 saturated carbocycles. The summed E-state index contributed by atoms with van der Waals surface area (Å²) in [5, 5.41) is 15.8. The Labute approximate surface area is 217 Å². The molecule has 0 aliphatic carbocycles. The largest absolute Gasteiger partial charge is 0.457 e. The number of anilines is 2. The number of amides is 2. The van der Waals surface area contributed by atoms with Gasteiger partial charge in [-0.1, -0.05) is 41.1 Å². The van der Waals surface area contributed by atoms with Crippen molar-refractivity contribution in [3.63, 3.8) is 0 Å². The molecule has 0 atom stereocenters. The van der Waals surface area contributed by atoms with Crippen LogP contribution in [0.2, 0.25) is 5.02 Å². The van der Waals surface area contributed by atoms with E-state index >= 15 is 0 Å². The highest BCUT2D eigenvalue weighted by atomic mass is 35.5. The monoisotopic (exact) mass is 518 g/mol. The van der Waals surface area contributed by atoms with E-state index in [0.29, 0.717) is 27.9 Å². The first-order chi connectivity index (χ1) is 17.1. The maximum Gasteiger partial charge on any atom is 0.257 e. The summed E-state index contributed by atoms with van der Waals surface area (Å²) in [6, 6.07) is 18.0. The molecule has 0 aliphatic rings. The van der Waals surface area contributed by atoms with E-state index in [1.165, 1.54) is 18.3 Å². The van der Waals surface area contributed by atoms with Crippen LogP contribution in [0.25, 0.3) is 10.2 Å². The van der Waals surface area contributed by atoms with Gasteiger partial charge in [-0.15, -0.1) is 0 Å². The Bertz CT molecular complexity index is 1540. The van der Waals surface area contributed by atoms with Gasteiger partial charge in [0.1, 0.15) is 11.5 Å². The second kappa shape index (κ2) is 9.97. The lowest BCUT2D eigenvalue weighted by Gasteiger charge is -2.19. The summed E-state index contributed by atoms with van der Waals surface area (Å²) in [6.07, 6.45) is 0. The zero-order valence-corrected chi connectivity index (χ0v) is 21.7. The Hall–Kier alpha value is -3.93. The third-order valence-electron chi connectivity index (χ3n) is 5.56. The molecule has 0 saturated heterocycles. The molecule has 0 radical (unpaired) electrons. The van der Waals surface area contributed by atoms with E-state index in [1.54, 1.807) is 56.3 Å². The normalized spacial score (nSPS) is 11.1. The summed E-state index contributed by atoms with van der Waals surface area (Å²) < 4.78 is 7.03. The number of hydrogen-bond donors (Lipinski definition) is 2. The Kier molecular flexibility index (Phi) is 6.97. The van der Waals surface area contributed by atoms with Gasteiger partial charge in [-0.2, -0.15) is 5.26 Å². The van der Waals surface area contributed by atoms with Crippen LogP contribution in [0.5, 0.6) is 11.5 Å². The number of nitrogens with zero attached hydrogens (tertiary/aromatic N) is 2. The Morgan fingerprint density at radius 2 is 1.86 bits per heavy atom. The van der Waals surface area contributed by atoms with Crippen molar-refractivity contribution in [3.8, 4) is 17.6 Å². The number of hydrogen-bond acceptors (Lipinski definition) is 6. The molecule has 2 N–H and O–H groups in total. The van der Waals surface area contributed by atoms with Crippen molar-refractivity contribution in [2.75, 3.05) is 10.6 Å². The fourth-order valence-electron chi connectivity index (χ4n) is 3.63. The van der Waals surface area contributed by atoms with E-state index in [9.17, 15) is 14.9 Å². The highest BCUT2D eigenvalue weighted by Gasteiger charge is 2.25. The topological polar surface area (TPSA) is 104 Å². The van der Waals surface area contributed by atoms with E-state index in [2.05, 4.69) is 21.7 Å². The molecule has 0 unspecified atom stereocenters. The molecule has 3 aromatic carbocycles. The highest BCUT2D eigenvalue weighted by molar-refractivity contribution is 7.22. The number of aryl methyl sites for hydroxylation is 1. The van der Waals surface area contributed by atoms with E-state index in [4.69, 9.17) is 16.3 Å². The van der Waals surface area contributed by atoms with Crippen LogP contribution < -0.4 is 15.4 Å². The second-order valence-electron chi connectivity index (χ2n) is 8.73. The molecule has 0 spiro atoms. The maximum atomic E-state index is 13.0. The van der Waals surface area contributed by atoms with E-state index < -0.39 is 5.41 Å². The van der Waals surface area contributed by atoms with Crippen molar-refractivity contribution < 1.29 is 14.3 Å². The number of fused-ring (bicyclic) bond motifs is 1. The molecule has 4 rings (SSSR count). The number of rotatable bonds is 6. The van der Waals surface area contributed by atoms with Crippen LogP contribution in [0.15, 0.2) is 54.6 Å². The van der Waals surface area contributed by atoms with Crippen LogP contribution in [0.3, 0.4) is 0 Å². The Balaban J connectivity index is 1.56. The zero-order chi connectivity index (χ0) is 26.0. The van der Waals surface area contributed by atoms with Crippen molar-refractivity contribution >= 4 is 55.8 Å². The number of benzene rings is 3. The number of thiazole rings is 1. The summed E-state index contributed by atoms with van der Waals surface area (Å²) >= 11 is 7.88. The molecule has 1 aromatic heterocycles. The Morgan fingerprint density at radius 1 is 1.11 bits per heavy atom. The molecule has 7 nitrogen and oxygen atoms in total. The van der Waals surface area contributed by atoms with Gasteiger partial charge in [0, 0.05) is 24.2 Å². The second-order valence-corrected chi connectivity index (χ2v) is 10.1. The average molecular weight is 519 g/mol. The van der Waals surface area contributed by atoms with Crippen molar-refractivity contribution in [2.45, 2.75) is 33.1 Å². The lowest BCUT2D eigenvalue weighted by molar-refractivity contribution is -0.114. The van der Waals surface area contributed by atoms with E-state index in [1.807, 2.05) is 19.1 Å². The molecular formula is C27H23ClN4O3S. The fourth-order valence-corrected chi connectivity index (χ4v) is 5.08. The number of carbonyl (C=O) groups excluding carboxylic acids is 2. The summed E-state index contributed by atoms with van der Waals surface area (Å²) in [5.74, 6) is 0.607. The molecule has 0 fully saturated rings. The van der Waals surface area contributed by atoms with Crippen LogP contribution in [0.1, 0.15) is 42.3 Å². The van der Waals surface area contributed by atoms with Crippen LogP contribution in [-0.4, -0.2) is 16.8 Å². The summed E-state index contributed by atoms with van der Waals surface area (Å²) in [6.45, 7) is 6.87. The first-order valence-corrected chi connectivity index (χ1v) is 12.3. The van der Waals surface area contributed by atoms with Gasteiger partial charge >= 0.3 is 0 Å². The van der Waals surface area contributed by atoms with Gasteiger partial charge in [-0.25, -0.2) is 4.98 Å². The smallest absolute Gasteiger partial charge is 0.257 e. The molecular weight excluding hydrogens is 496 g/mol. The van der Waals surface area contributed by atoms with Gasteiger partial charge < -0.3 is 15.4 Å². The third-order valence-corrected chi connectivity index (χ3v) is 7.07. The van der Waals surface area contributed by atoms with Gasteiger partial charge in [0.05, 0.1) is 32.3 Å². The summed E-state index contributed by atoms with van der Waals surface area (Å²) in [7, 11) is 0. The molecule has 36 heavy (non-hydrogen) atoms. The standard InChI is InChI=1S/C27H23ClN4O3S/c1-15-22(12-11-21-24(15)36-26(32-21)30-16(2)33)35-18-8-5-7-17(13-18)31-25(34)19-9-6-10-20(23(19)28)27(3,4)14-29/h5-13H,1-4H3,(H,31,34)(H,30,32,33). The van der Waals surface area contributed by atoms with Gasteiger partial charge in [-0.05, 0) is 56.7 Å². The summed E-state index contributed by atoms with van der Waals surface area (Å²) in [4.78, 5) is 28.8. The number of ether oxygens (including phenoxy) is 1. The van der Waals surface area contributed by atoms with Gasteiger partial charge in [0.25, 0.3) is 5.91 Å².